The van der Waals surface area contributed by atoms with Gasteiger partial charge in [-0.05, 0) is 59.4 Å². The molecule has 31 heavy (non-hydrogen) atoms. The Kier molecular flexibility index (Phi) is 6.24. The Morgan fingerprint density at radius 3 is 1.35 bits per heavy atom. The van der Waals surface area contributed by atoms with Crippen LogP contribution < -0.4 is 0 Å². The zero-order chi connectivity index (χ0) is 21.8. The molecule has 0 aliphatic rings. The van der Waals surface area contributed by atoms with E-state index in [-0.39, 0.29) is 24.8 Å². The standard InChI is InChI=1S/C28H24F2O/c1-19-7-3-5-9-23(19)25-13-11-21(15-27(25)29)17-31-18-22-12-14-26(28(30)16-22)24-10-6-4-8-20(24)2/h3-16H,17-18H2,1-2H3. The van der Waals surface area contributed by atoms with Crippen LogP contribution in [0, 0.1) is 25.5 Å². The van der Waals surface area contributed by atoms with Crippen molar-refractivity contribution >= 4 is 0 Å². The first-order chi connectivity index (χ1) is 15.0. The second-order valence-corrected chi connectivity index (χ2v) is 7.75. The Balaban J connectivity index is 1.42. The van der Waals surface area contributed by atoms with Gasteiger partial charge in [-0.1, -0.05) is 72.8 Å². The summed E-state index contributed by atoms with van der Waals surface area (Å²) in [5.74, 6) is -0.548. The molecule has 0 atom stereocenters. The molecular formula is C28H24F2O. The molecule has 0 saturated carbocycles. The van der Waals surface area contributed by atoms with Crippen molar-refractivity contribution in [2.24, 2.45) is 0 Å². The van der Waals surface area contributed by atoms with E-state index in [1.165, 1.54) is 12.1 Å². The predicted molar refractivity (Wildman–Crippen MR) is 122 cm³/mol. The van der Waals surface area contributed by atoms with Crippen LogP contribution in [0.2, 0.25) is 0 Å². The monoisotopic (exact) mass is 414 g/mol. The van der Waals surface area contributed by atoms with E-state index in [1.54, 1.807) is 12.1 Å². The van der Waals surface area contributed by atoms with E-state index in [9.17, 15) is 8.78 Å². The maximum atomic E-state index is 14.7. The highest BCUT2D eigenvalue weighted by Gasteiger charge is 2.10. The first-order valence-electron chi connectivity index (χ1n) is 10.3. The van der Waals surface area contributed by atoms with Gasteiger partial charge in [0.1, 0.15) is 11.6 Å². The highest BCUT2D eigenvalue weighted by Crippen LogP contribution is 2.28. The molecule has 0 N–H and O–H groups in total. The van der Waals surface area contributed by atoms with Crippen LogP contribution in [0.3, 0.4) is 0 Å². The summed E-state index contributed by atoms with van der Waals surface area (Å²) in [4.78, 5) is 0. The Hall–Kier alpha value is -3.30. The Morgan fingerprint density at radius 2 is 0.968 bits per heavy atom. The van der Waals surface area contributed by atoms with Crippen LogP contribution in [0.5, 0.6) is 0 Å². The molecule has 0 saturated heterocycles. The number of hydrogen-bond acceptors (Lipinski definition) is 1. The summed E-state index contributed by atoms with van der Waals surface area (Å²) in [6.45, 7) is 4.45. The minimum absolute atomic E-state index is 0.256. The lowest BCUT2D eigenvalue weighted by molar-refractivity contribution is 0.107. The zero-order valence-electron chi connectivity index (χ0n) is 17.7. The molecular weight excluding hydrogens is 390 g/mol. The summed E-state index contributed by atoms with van der Waals surface area (Å²) in [6.07, 6.45) is 0. The van der Waals surface area contributed by atoms with Crippen molar-refractivity contribution in [3.63, 3.8) is 0 Å². The second-order valence-electron chi connectivity index (χ2n) is 7.75. The average molecular weight is 414 g/mol. The first-order valence-corrected chi connectivity index (χ1v) is 10.3. The lowest BCUT2D eigenvalue weighted by Gasteiger charge is -2.11. The Bertz CT molecular complexity index is 1120. The molecule has 0 aliphatic carbocycles. The van der Waals surface area contributed by atoms with Crippen LogP contribution in [0.1, 0.15) is 22.3 Å². The summed E-state index contributed by atoms with van der Waals surface area (Å²) in [6, 6.07) is 25.8. The van der Waals surface area contributed by atoms with Gasteiger partial charge in [0, 0.05) is 11.1 Å². The van der Waals surface area contributed by atoms with Crippen molar-refractivity contribution in [3.8, 4) is 22.3 Å². The van der Waals surface area contributed by atoms with E-state index in [0.29, 0.717) is 11.1 Å². The third kappa shape index (κ3) is 4.73. The van der Waals surface area contributed by atoms with Crippen LogP contribution >= 0.6 is 0 Å². The second kappa shape index (κ2) is 9.23. The van der Waals surface area contributed by atoms with E-state index >= 15 is 0 Å². The van der Waals surface area contributed by atoms with Crippen LogP contribution in [0.4, 0.5) is 8.78 Å². The molecule has 0 amide bonds. The maximum absolute atomic E-state index is 14.7. The van der Waals surface area contributed by atoms with E-state index in [0.717, 1.165) is 33.4 Å². The molecule has 0 radical (unpaired) electrons. The van der Waals surface area contributed by atoms with Gasteiger partial charge >= 0.3 is 0 Å². The Morgan fingerprint density at radius 1 is 0.548 bits per heavy atom. The van der Waals surface area contributed by atoms with Crippen molar-refractivity contribution in [3.05, 3.63) is 119 Å². The van der Waals surface area contributed by atoms with Crippen molar-refractivity contribution in [1.82, 2.24) is 0 Å². The van der Waals surface area contributed by atoms with Gasteiger partial charge in [-0.15, -0.1) is 0 Å². The lowest BCUT2D eigenvalue weighted by Crippen LogP contribution is -1.97. The summed E-state index contributed by atoms with van der Waals surface area (Å²) in [7, 11) is 0. The highest BCUT2D eigenvalue weighted by atomic mass is 19.1. The van der Waals surface area contributed by atoms with E-state index in [2.05, 4.69) is 0 Å². The number of rotatable bonds is 6. The van der Waals surface area contributed by atoms with Crippen LogP contribution in [-0.4, -0.2) is 0 Å². The van der Waals surface area contributed by atoms with Gasteiger partial charge in [0.25, 0.3) is 0 Å². The molecule has 1 nitrogen and oxygen atoms in total. The summed E-state index contributed by atoms with van der Waals surface area (Å²) >= 11 is 0. The molecule has 0 unspecified atom stereocenters. The molecule has 156 valence electrons. The number of halogens is 2. The van der Waals surface area contributed by atoms with E-state index < -0.39 is 0 Å². The molecule has 4 aromatic carbocycles. The van der Waals surface area contributed by atoms with Gasteiger partial charge in [-0.3, -0.25) is 0 Å². The van der Waals surface area contributed by atoms with Crippen molar-refractivity contribution in [2.75, 3.05) is 0 Å². The van der Waals surface area contributed by atoms with Crippen LogP contribution in [0.25, 0.3) is 22.3 Å². The fourth-order valence-electron chi connectivity index (χ4n) is 3.77. The number of hydrogen-bond donors (Lipinski definition) is 0. The van der Waals surface area contributed by atoms with Gasteiger partial charge in [-0.25, -0.2) is 8.78 Å². The summed E-state index contributed by atoms with van der Waals surface area (Å²) in [5, 5.41) is 0. The molecule has 0 spiro atoms. The Labute approximate surface area is 182 Å². The molecule has 0 aromatic heterocycles. The zero-order valence-corrected chi connectivity index (χ0v) is 17.7. The fourth-order valence-corrected chi connectivity index (χ4v) is 3.77. The summed E-state index contributed by atoms with van der Waals surface area (Å²) < 4.78 is 35.0. The molecule has 3 heteroatoms. The highest BCUT2D eigenvalue weighted by molar-refractivity contribution is 5.68. The van der Waals surface area contributed by atoms with Crippen LogP contribution in [-0.2, 0) is 18.0 Å². The van der Waals surface area contributed by atoms with E-state index in [1.807, 2.05) is 74.5 Å². The SMILES string of the molecule is Cc1ccccc1-c1ccc(COCc2ccc(-c3ccccc3C)c(F)c2)cc1F. The molecule has 0 fully saturated rings. The van der Waals surface area contributed by atoms with Gasteiger partial charge in [0.2, 0.25) is 0 Å². The average Bonchev–Trinajstić information content (AvgIpc) is 2.76. The largest absolute Gasteiger partial charge is 0.372 e. The van der Waals surface area contributed by atoms with Gasteiger partial charge < -0.3 is 4.74 Å². The molecule has 0 aliphatic heterocycles. The van der Waals surface area contributed by atoms with Crippen LogP contribution in [0.15, 0.2) is 84.9 Å². The smallest absolute Gasteiger partial charge is 0.131 e. The predicted octanol–water partition coefficient (Wildman–Crippen LogP) is 7.63. The number of aryl methyl sites for hydroxylation is 2. The maximum Gasteiger partial charge on any atom is 0.131 e. The van der Waals surface area contributed by atoms with Gasteiger partial charge in [0.15, 0.2) is 0 Å². The van der Waals surface area contributed by atoms with Crippen molar-refractivity contribution < 1.29 is 13.5 Å². The van der Waals surface area contributed by atoms with E-state index in [4.69, 9.17) is 4.74 Å². The van der Waals surface area contributed by atoms with Gasteiger partial charge in [0.05, 0.1) is 13.2 Å². The molecule has 4 aromatic rings. The van der Waals surface area contributed by atoms with Crippen molar-refractivity contribution in [2.45, 2.75) is 27.1 Å². The third-order valence-corrected chi connectivity index (χ3v) is 5.47. The fraction of sp³-hybridized carbons (Fsp3) is 0.143. The number of benzene rings is 4. The quantitative estimate of drug-likeness (QED) is 0.315. The summed E-state index contributed by atoms with van der Waals surface area (Å²) in [5.41, 5.74) is 6.47. The topological polar surface area (TPSA) is 9.23 Å². The first kappa shape index (κ1) is 21.0. The minimum Gasteiger partial charge on any atom is -0.372 e. The molecule has 4 rings (SSSR count). The molecule has 0 bridgehead atoms. The molecule has 0 heterocycles. The van der Waals surface area contributed by atoms with Gasteiger partial charge in [-0.2, -0.15) is 0 Å². The number of ether oxygens (including phenoxy) is 1. The third-order valence-electron chi connectivity index (χ3n) is 5.47. The van der Waals surface area contributed by atoms with Crippen molar-refractivity contribution in [1.29, 1.82) is 0 Å². The normalized spacial score (nSPS) is 11.0. The lowest BCUT2D eigenvalue weighted by atomic mass is 9.99. The minimum atomic E-state index is -0.274.